The van der Waals surface area contributed by atoms with Crippen molar-refractivity contribution in [2.45, 2.75) is 25.8 Å². The molecule has 1 N–H and O–H groups in total. The molecule has 0 spiro atoms. The Hall–Kier alpha value is -3.76. The molecular formula is C24H26FN9OS2. The Balaban J connectivity index is 1.45. The SMILES string of the molecule is CCc1nc2sc(N3CCC(NC(=O)N(C)C)C3)nn2c1N(C)c1nc(-c2ccc(F)cc2)c(C#N)s1. The first-order valence-corrected chi connectivity index (χ1v) is 13.4. The maximum Gasteiger partial charge on any atom is 0.317 e. The molecule has 4 heterocycles. The summed E-state index contributed by atoms with van der Waals surface area (Å²) in [6, 6.07) is 8.15. The first kappa shape index (κ1) is 24.9. The third-order valence-corrected chi connectivity index (χ3v) is 8.21. The van der Waals surface area contributed by atoms with Gasteiger partial charge in [0.15, 0.2) is 10.9 Å². The van der Waals surface area contributed by atoms with Crippen LogP contribution >= 0.6 is 22.7 Å². The summed E-state index contributed by atoms with van der Waals surface area (Å²) in [6.07, 6.45) is 1.55. The summed E-state index contributed by atoms with van der Waals surface area (Å²) >= 11 is 2.78. The molecule has 0 saturated carbocycles. The van der Waals surface area contributed by atoms with E-state index in [1.54, 1.807) is 26.2 Å². The molecule has 1 fully saturated rings. The van der Waals surface area contributed by atoms with Crippen LogP contribution in [-0.2, 0) is 6.42 Å². The Morgan fingerprint density at radius 2 is 2.00 bits per heavy atom. The number of aryl methyl sites for hydroxylation is 1. The smallest absolute Gasteiger partial charge is 0.317 e. The predicted molar refractivity (Wildman–Crippen MR) is 143 cm³/mol. The maximum absolute atomic E-state index is 13.4. The van der Waals surface area contributed by atoms with Crippen molar-refractivity contribution in [2.24, 2.45) is 0 Å². The number of hydrogen-bond acceptors (Lipinski definition) is 9. The Morgan fingerprint density at radius 3 is 2.68 bits per heavy atom. The number of nitrogens with zero attached hydrogens (tertiary/aromatic N) is 8. The Morgan fingerprint density at radius 1 is 1.24 bits per heavy atom. The van der Waals surface area contributed by atoms with E-state index in [0.29, 0.717) is 34.2 Å². The molecule has 192 valence electrons. The fourth-order valence-corrected chi connectivity index (χ4v) is 6.05. The molecule has 37 heavy (non-hydrogen) atoms. The quantitative estimate of drug-likeness (QED) is 0.393. The van der Waals surface area contributed by atoms with Crippen LogP contribution in [0.4, 0.5) is 25.3 Å². The first-order chi connectivity index (χ1) is 17.8. The van der Waals surface area contributed by atoms with E-state index >= 15 is 0 Å². The molecule has 4 aromatic rings. The fourth-order valence-electron chi connectivity index (χ4n) is 4.25. The van der Waals surface area contributed by atoms with Gasteiger partial charge in [0.25, 0.3) is 0 Å². The first-order valence-electron chi connectivity index (χ1n) is 11.8. The molecule has 10 nitrogen and oxygen atoms in total. The zero-order valence-corrected chi connectivity index (χ0v) is 22.5. The van der Waals surface area contributed by atoms with E-state index in [1.807, 2.05) is 23.4 Å². The Bertz CT molecular complexity index is 1480. The maximum atomic E-state index is 13.4. The lowest BCUT2D eigenvalue weighted by Gasteiger charge is -2.18. The summed E-state index contributed by atoms with van der Waals surface area (Å²) in [5.41, 5.74) is 2.08. The molecule has 3 aromatic heterocycles. The lowest BCUT2D eigenvalue weighted by molar-refractivity contribution is 0.214. The van der Waals surface area contributed by atoms with E-state index in [9.17, 15) is 14.4 Å². The second-order valence-electron chi connectivity index (χ2n) is 8.94. The average Bonchev–Trinajstić information content (AvgIpc) is 3.66. The van der Waals surface area contributed by atoms with E-state index in [2.05, 4.69) is 16.3 Å². The lowest BCUT2D eigenvalue weighted by atomic mass is 10.1. The minimum Gasteiger partial charge on any atom is -0.345 e. The van der Waals surface area contributed by atoms with Crippen LogP contribution in [0.15, 0.2) is 24.3 Å². The third-order valence-electron chi connectivity index (χ3n) is 6.21. The molecule has 1 saturated heterocycles. The summed E-state index contributed by atoms with van der Waals surface area (Å²) in [4.78, 5) is 28.4. The number of carbonyl (C=O) groups excluding carboxylic acids is 1. The molecule has 5 rings (SSSR count). The minimum absolute atomic E-state index is 0.0593. The van der Waals surface area contributed by atoms with Crippen molar-refractivity contribution in [3.05, 3.63) is 40.7 Å². The standard InChI is InChI=1S/C24H26FN9OS2/c1-5-17-20(32(4)22-29-19(18(12-26)36-22)14-6-8-15(25)9-7-14)34-23(28-17)37-24(30-34)33-11-10-16(13-33)27-21(35)31(2)3/h6-9,16H,5,10-11,13H2,1-4H3,(H,27,35). The number of benzene rings is 1. The number of rotatable bonds is 6. The van der Waals surface area contributed by atoms with Gasteiger partial charge in [0.05, 0.1) is 5.69 Å². The summed E-state index contributed by atoms with van der Waals surface area (Å²) in [6.45, 7) is 3.51. The van der Waals surface area contributed by atoms with Gasteiger partial charge in [0.2, 0.25) is 10.1 Å². The Kier molecular flexibility index (Phi) is 6.70. The average molecular weight is 540 g/mol. The highest BCUT2D eigenvalue weighted by atomic mass is 32.1. The third kappa shape index (κ3) is 4.70. The van der Waals surface area contributed by atoms with Crippen LogP contribution in [0.2, 0.25) is 0 Å². The number of fused-ring (bicyclic) bond motifs is 1. The molecule has 1 atom stereocenters. The highest BCUT2D eigenvalue weighted by molar-refractivity contribution is 7.20. The largest absolute Gasteiger partial charge is 0.345 e. The van der Waals surface area contributed by atoms with E-state index in [0.717, 1.165) is 34.6 Å². The van der Waals surface area contributed by atoms with E-state index in [-0.39, 0.29) is 17.9 Å². The normalized spacial score (nSPS) is 15.2. The van der Waals surface area contributed by atoms with Crippen molar-refractivity contribution in [3.8, 4) is 17.3 Å². The zero-order chi connectivity index (χ0) is 26.3. The van der Waals surface area contributed by atoms with Crippen LogP contribution in [0.3, 0.4) is 0 Å². The number of amides is 2. The van der Waals surface area contributed by atoms with Gasteiger partial charge in [-0.2, -0.15) is 9.78 Å². The molecule has 13 heteroatoms. The van der Waals surface area contributed by atoms with Crippen LogP contribution in [0.25, 0.3) is 16.2 Å². The minimum atomic E-state index is -0.340. The van der Waals surface area contributed by atoms with Crippen LogP contribution in [0.5, 0.6) is 0 Å². The van der Waals surface area contributed by atoms with Crippen LogP contribution in [0.1, 0.15) is 23.9 Å². The van der Waals surface area contributed by atoms with Crippen molar-refractivity contribution < 1.29 is 9.18 Å². The molecule has 1 aliphatic heterocycles. The molecule has 1 unspecified atom stereocenters. The second kappa shape index (κ2) is 9.95. The zero-order valence-electron chi connectivity index (χ0n) is 20.9. The van der Waals surface area contributed by atoms with Gasteiger partial charge in [-0.1, -0.05) is 29.6 Å². The number of imidazole rings is 1. The molecule has 2 amide bonds. The number of nitrogens with one attached hydrogen (secondary N) is 1. The van der Waals surface area contributed by atoms with Crippen LogP contribution in [0, 0.1) is 17.1 Å². The van der Waals surface area contributed by atoms with Gasteiger partial charge < -0.3 is 20.0 Å². The highest BCUT2D eigenvalue weighted by Crippen LogP contribution is 2.38. The van der Waals surface area contributed by atoms with E-state index in [1.165, 1.54) is 39.7 Å². The van der Waals surface area contributed by atoms with Gasteiger partial charge in [-0.3, -0.25) is 0 Å². The number of anilines is 3. The van der Waals surface area contributed by atoms with Gasteiger partial charge in [0.1, 0.15) is 22.5 Å². The monoisotopic (exact) mass is 539 g/mol. The number of thiazole rings is 1. The Labute approximate surface area is 221 Å². The molecule has 1 aliphatic rings. The predicted octanol–water partition coefficient (Wildman–Crippen LogP) is 4.11. The van der Waals surface area contributed by atoms with Gasteiger partial charge in [0, 0.05) is 45.8 Å². The van der Waals surface area contributed by atoms with Gasteiger partial charge in [-0.05, 0) is 37.1 Å². The highest BCUT2D eigenvalue weighted by Gasteiger charge is 2.29. The molecule has 0 aliphatic carbocycles. The molecular weight excluding hydrogens is 513 g/mol. The second-order valence-corrected chi connectivity index (χ2v) is 10.9. The number of nitriles is 1. The van der Waals surface area contributed by atoms with Gasteiger partial charge in [-0.15, -0.1) is 5.10 Å². The van der Waals surface area contributed by atoms with E-state index in [4.69, 9.17) is 15.1 Å². The van der Waals surface area contributed by atoms with Crippen LogP contribution < -0.4 is 15.1 Å². The summed E-state index contributed by atoms with van der Waals surface area (Å²) in [7, 11) is 5.34. The van der Waals surface area contributed by atoms with Crippen molar-refractivity contribution in [2.75, 3.05) is 44.0 Å². The molecule has 0 radical (unpaired) electrons. The fraction of sp³-hybridized carbons (Fsp3) is 0.375. The summed E-state index contributed by atoms with van der Waals surface area (Å²) < 4.78 is 15.3. The van der Waals surface area contributed by atoms with E-state index < -0.39 is 0 Å². The number of hydrogen-bond donors (Lipinski definition) is 1. The topological polar surface area (TPSA) is 106 Å². The van der Waals surface area contributed by atoms with Crippen molar-refractivity contribution in [3.63, 3.8) is 0 Å². The number of urea groups is 1. The van der Waals surface area contributed by atoms with Gasteiger partial charge in [-0.25, -0.2) is 19.2 Å². The van der Waals surface area contributed by atoms with Gasteiger partial charge >= 0.3 is 6.03 Å². The number of halogens is 1. The number of aromatic nitrogens is 4. The van der Waals surface area contributed by atoms with Crippen LogP contribution in [-0.4, -0.2) is 70.8 Å². The summed E-state index contributed by atoms with van der Waals surface area (Å²) in [5.74, 6) is 0.452. The summed E-state index contributed by atoms with van der Waals surface area (Å²) in [5, 5.41) is 19.1. The van der Waals surface area contributed by atoms with Crippen molar-refractivity contribution in [1.29, 1.82) is 5.26 Å². The lowest BCUT2D eigenvalue weighted by Crippen LogP contribution is -2.42. The molecule has 0 bridgehead atoms. The number of carbonyl (C=O) groups is 1. The van der Waals surface area contributed by atoms with Crippen molar-refractivity contribution >= 4 is 49.7 Å². The van der Waals surface area contributed by atoms with Crippen molar-refractivity contribution in [1.82, 2.24) is 29.8 Å². The molecule has 1 aromatic carbocycles.